The number of carbonyl (C=O) groups is 1. The van der Waals surface area contributed by atoms with Crippen LogP contribution in [-0.2, 0) is 9.53 Å². The Morgan fingerprint density at radius 3 is 2.78 bits per heavy atom. The van der Waals surface area contributed by atoms with Crippen LogP contribution in [0.1, 0.15) is 0 Å². The molecule has 0 spiro atoms. The highest BCUT2D eigenvalue weighted by Crippen LogP contribution is 1.96. The summed E-state index contributed by atoms with van der Waals surface area (Å²) in [5, 5.41) is 0.293. The smallest absolute Gasteiger partial charge is 0.331 e. The molecule has 0 saturated carbocycles. The van der Waals surface area contributed by atoms with Crippen molar-refractivity contribution in [1.29, 1.82) is 0 Å². The second-order valence-corrected chi connectivity index (χ2v) is 1.80. The molecule has 0 amide bonds. The van der Waals surface area contributed by atoms with Crippen LogP contribution in [0.3, 0.4) is 0 Å². The van der Waals surface area contributed by atoms with Gasteiger partial charge in [-0.05, 0) is 0 Å². The van der Waals surface area contributed by atoms with Crippen LogP contribution in [0.2, 0.25) is 0 Å². The van der Waals surface area contributed by atoms with Gasteiger partial charge in [0.25, 0.3) is 0 Å². The van der Waals surface area contributed by atoms with Crippen molar-refractivity contribution >= 4 is 17.6 Å². The van der Waals surface area contributed by atoms with Gasteiger partial charge in [-0.2, -0.15) is 0 Å². The van der Waals surface area contributed by atoms with Crippen LogP contribution in [0.15, 0.2) is 11.1 Å². The van der Waals surface area contributed by atoms with Gasteiger partial charge in [-0.25, -0.2) is 4.79 Å². The van der Waals surface area contributed by atoms with Gasteiger partial charge in [-0.15, -0.1) is 0 Å². The average molecular weight is 150 g/mol. The number of carbonyl (C=O) groups excluding carboxylic acids is 1. The molecule has 0 aliphatic heterocycles. The average Bonchev–Trinajstić information content (AvgIpc) is 1.87. The molecule has 4 heteroatoms. The first kappa shape index (κ1) is 8.46. The Bertz CT molecular complexity index is 133. The van der Waals surface area contributed by atoms with Crippen molar-refractivity contribution in [3.05, 3.63) is 11.1 Å². The highest BCUT2D eigenvalue weighted by molar-refractivity contribution is 6.31. The number of hydrogen-bond donors (Lipinski definition) is 1. The van der Waals surface area contributed by atoms with E-state index in [-0.39, 0.29) is 6.54 Å². The van der Waals surface area contributed by atoms with Crippen LogP contribution in [-0.4, -0.2) is 19.6 Å². The molecule has 0 aliphatic rings. The molecule has 0 atom stereocenters. The predicted molar refractivity (Wildman–Crippen MR) is 35.0 cm³/mol. The standard InChI is InChI=1S/C5H8ClNO2/c1-9-5(8)2-4(6)3-7/h2H,3,7H2,1H3/b4-2-. The molecule has 0 aromatic heterocycles. The first-order valence-electron chi connectivity index (χ1n) is 2.34. The molecule has 0 fully saturated rings. The zero-order valence-electron chi connectivity index (χ0n) is 5.06. The monoisotopic (exact) mass is 149 g/mol. The number of esters is 1. The Balaban J connectivity index is 3.79. The summed E-state index contributed by atoms with van der Waals surface area (Å²) in [4.78, 5) is 10.3. The molecule has 0 aliphatic carbocycles. The van der Waals surface area contributed by atoms with Gasteiger partial charge in [-0.3, -0.25) is 0 Å². The second kappa shape index (κ2) is 4.35. The van der Waals surface area contributed by atoms with Crippen molar-refractivity contribution in [2.75, 3.05) is 13.7 Å². The molecular weight excluding hydrogens is 142 g/mol. The second-order valence-electron chi connectivity index (χ2n) is 1.32. The van der Waals surface area contributed by atoms with E-state index < -0.39 is 5.97 Å². The molecule has 52 valence electrons. The molecule has 0 aromatic carbocycles. The lowest BCUT2D eigenvalue weighted by atomic mass is 10.5. The zero-order chi connectivity index (χ0) is 7.28. The van der Waals surface area contributed by atoms with Gasteiger partial charge in [0.1, 0.15) is 0 Å². The highest BCUT2D eigenvalue weighted by atomic mass is 35.5. The summed E-state index contributed by atoms with van der Waals surface area (Å²) in [6, 6.07) is 0. The maximum Gasteiger partial charge on any atom is 0.331 e. The SMILES string of the molecule is COC(=O)/C=C(\Cl)CN. The van der Waals surface area contributed by atoms with Gasteiger partial charge in [0.15, 0.2) is 0 Å². The minimum absolute atomic E-state index is 0.163. The summed E-state index contributed by atoms with van der Waals surface area (Å²) in [6.45, 7) is 0.163. The van der Waals surface area contributed by atoms with Crippen molar-refractivity contribution in [3.63, 3.8) is 0 Å². The van der Waals surface area contributed by atoms with Crippen molar-refractivity contribution in [3.8, 4) is 0 Å². The molecule has 2 N–H and O–H groups in total. The van der Waals surface area contributed by atoms with E-state index in [0.29, 0.717) is 5.03 Å². The van der Waals surface area contributed by atoms with E-state index in [1.54, 1.807) is 0 Å². The maximum atomic E-state index is 10.3. The van der Waals surface area contributed by atoms with E-state index in [2.05, 4.69) is 4.74 Å². The molecule has 0 unspecified atom stereocenters. The molecule has 0 radical (unpaired) electrons. The Morgan fingerprint density at radius 2 is 2.44 bits per heavy atom. The van der Waals surface area contributed by atoms with Crippen molar-refractivity contribution in [2.24, 2.45) is 5.73 Å². The third kappa shape index (κ3) is 4.00. The summed E-state index contributed by atoms with van der Waals surface area (Å²) in [5.74, 6) is -0.481. The van der Waals surface area contributed by atoms with Gasteiger partial charge >= 0.3 is 5.97 Å². The minimum Gasteiger partial charge on any atom is -0.466 e. The number of nitrogens with two attached hydrogens (primary N) is 1. The summed E-state index contributed by atoms with van der Waals surface area (Å²) in [5.41, 5.74) is 5.07. The van der Waals surface area contributed by atoms with Crippen molar-refractivity contribution < 1.29 is 9.53 Å². The Labute approximate surface area is 58.4 Å². The van der Waals surface area contributed by atoms with Crippen LogP contribution in [0.5, 0.6) is 0 Å². The van der Waals surface area contributed by atoms with Crippen LogP contribution in [0, 0.1) is 0 Å². The van der Waals surface area contributed by atoms with Crippen LogP contribution >= 0.6 is 11.6 Å². The van der Waals surface area contributed by atoms with Gasteiger partial charge in [0.2, 0.25) is 0 Å². The van der Waals surface area contributed by atoms with E-state index in [4.69, 9.17) is 17.3 Å². The topological polar surface area (TPSA) is 52.3 Å². The Morgan fingerprint density at radius 1 is 1.89 bits per heavy atom. The van der Waals surface area contributed by atoms with Gasteiger partial charge in [-0.1, -0.05) is 11.6 Å². The molecule has 0 aromatic rings. The van der Waals surface area contributed by atoms with Crippen molar-refractivity contribution in [2.45, 2.75) is 0 Å². The lowest BCUT2D eigenvalue weighted by Crippen LogP contribution is -2.02. The molecule has 0 rings (SSSR count). The third-order valence-corrected chi connectivity index (χ3v) is 0.934. The quantitative estimate of drug-likeness (QED) is 0.452. The Hall–Kier alpha value is -0.540. The Kier molecular flexibility index (Phi) is 4.09. The van der Waals surface area contributed by atoms with E-state index in [1.807, 2.05) is 0 Å². The maximum absolute atomic E-state index is 10.3. The van der Waals surface area contributed by atoms with Gasteiger partial charge < -0.3 is 10.5 Å². The summed E-state index contributed by atoms with van der Waals surface area (Å²) >= 11 is 5.37. The molecule has 3 nitrogen and oxygen atoms in total. The zero-order valence-corrected chi connectivity index (χ0v) is 5.81. The number of ether oxygens (including phenoxy) is 1. The van der Waals surface area contributed by atoms with E-state index in [1.165, 1.54) is 7.11 Å². The largest absolute Gasteiger partial charge is 0.466 e. The highest BCUT2D eigenvalue weighted by Gasteiger charge is 1.94. The fourth-order valence-electron chi connectivity index (χ4n) is 0.246. The fourth-order valence-corrected chi connectivity index (χ4v) is 0.335. The summed E-state index contributed by atoms with van der Waals surface area (Å²) < 4.78 is 4.27. The fraction of sp³-hybridized carbons (Fsp3) is 0.400. The molecule has 0 bridgehead atoms. The predicted octanol–water partition coefficient (Wildman–Crippen LogP) is 0.241. The summed E-state index contributed by atoms with van der Waals surface area (Å²) in [6.07, 6.45) is 1.14. The molecule has 0 heterocycles. The van der Waals surface area contributed by atoms with Gasteiger partial charge in [0, 0.05) is 17.7 Å². The number of hydrogen-bond acceptors (Lipinski definition) is 3. The van der Waals surface area contributed by atoms with Crippen LogP contribution in [0.4, 0.5) is 0 Å². The first-order chi connectivity index (χ1) is 4.20. The molecule has 0 saturated heterocycles. The number of halogens is 1. The van der Waals surface area contributed by atoms with E-state index in [0.717, 1.165) is 6.08 Å². The summed E-state index contributed by atoms with van der Waals surface area (Å²) in [7, 11) is 1.28. The number of rotatable bonds is 2. The normalized spacial score (nSPS) is 11.2. The number of methoxy groups -OCH3 is 1. The third-order valence-electron chi connectivity index (χ3n) is 0.671. The minimum atomic E-state index is -0.481. The molecule has 9 heavy (non-hydrogen) atoms. The van der Waals surface area contributed by atoms with Crippen molar-refractivity contribution in [1.82, 2.24) is 0 Å². The van der Waals surface area contributed by atoms with Crippen LogP contribution < -0.4 is 5.73 Å². The first-order valence-corrected chi connectivity index (χ1v) is 2.72. The van der Waals surface area contributed by atoms with E-state index >= 15 is 0 Å². The molecular formula is C5H8ClNO2. The van der Waals surface area contributed by atoms with Gasteiger partial charge in [0.05, 0.1) is 7.11 Å². The van der Waals surface area contributed by atoms with Crippen LogP contribution in [0.25, 0.3) is 0 Å². The lowest BCUT2D eigenvalue weighted by molar-refractivity contribution is -0.134. The lowest BCUT2D eigenvalue weighted by Gasteiger charge is -1.91. The van der Waals surface area contributed by atoms with E-state index in [9.17, 15) is 4.79 Å².